The number of benzene rings is 1. The molecule has 20 heavy (non-hydrogen) atoms. The first-order valence-corrected chi connectivity index (χ1v) is 7.88. The molecule has 0 unspecified atom stereocenters. The van der Waals surface area contributed by atoms with Crippen LogP contribution in [0.3, 0.4) is 0 Å². The Kier molecular flexibility index (Phi) is 5.47. The molecule has 0 amide bonds. The minimum Gasteiger partial charge on any atom is -0.493 e. The minimum absolute atomic E-state index is 0.525. The van der Waals surface area contributed by atoms with Crippen LogP contribution in [0.4, 0.5) is 0 Å². The first-order valence-electron chi connectivity index (χ1n) is 6.72. The standard InChI is InChI=1S/C15H20N2O2S/c1-11(2)8-18-14-7-5-4-6-13(14)9-20-10-15-17-16-12(3)19-15/h4-7,11H,8-10H2,1-3H3. The molecular weight excluding hydrogens is 272 g/mol. The fraction of sp³-hybridized carbons (Fsp3) is 0.467. The number of aromatic nitrogens is 2. The molecule has 0 fully saturated rings. The molecule has 1 heterocycles. The summed E-state index contributed by atoms with van der Waals surface area (Å²) in [7, 11) is 0. The van der Waals surface area contributed by atoms with E-state index in [-0.39, 0.29) is 0 Å². The molecule has 4 nitrogen and oxygen atoms in total. The van der Waals surface area contributed by atoms with Crippen molar-refractivity contribution in [3.05, 3.63) is 41.6 Å². The summed E-state index contributed by atoms with van der Waals surface area (Å²) in [5.41, 5.74) is 1.20. The summed E-state index contributed by atoms with van der Waals surface area (Å²) < 4.78 is 11.2. The van der Waals surface area contributed by atoms with Crippen LogP contribution in [-0.2, 0) is 11.5 Å². The van der Waals surface area contributed by atoms with Crippen LogP contribution in [0.25, 0.3) is 0 Å². The fourth-order valence-electron chi connectivity index (χ4n) is 1.66. The Hall–Kier alpha value is -1.49. The van der Waals surface area contributed by atoms with Crippen molar-refractivity contribution in [2.75, 3.05) is 6.61 Å². The second-order valence-corrected chi connectivity index (χ2v) is 6.01. The SMILES string of the molecule is Cc1nnc(CSCc2ccccc2OCC(C)C)o1. The van der Waals surface area contributed by atoms with Crippen molar-refractivity contribution in [1.82, 2.24) is 10.2 Å². The number of hydrogen-bond donors (Lipinski definition) is 0. The van der Waals surface area contributed by atoms with Gasteiger partial charge in [-0.3, -0.25) is 0 Å². The highest BCUT2D eigenvalue weighted by Crippen LogP contribution is 2.25. The summed E-state index contributed by atoms with van der Waals surface area (Å²) in [6.07, 6.45) is 0. The van der Waals surface area contributed by atoms with Gasteiger partial charge in [-0.1, -0.05) is 32.0 Å². The van der Waals surface area contributed by atoms with Crippen LogP contribution in [0.1, 0.15) is 31.2 Å². The highest BCUT2D eigenvalue weighted by Gasteiger charge is 2.06. The smallest absolute Gasteiger partial charge is 0.226 e. The molecule has 0 aliphatic carbocycles. The predicted molar refractivity (Wildman–Crippen MR) is 80.8 cm³/mol. The van der Waals surface area contributed by atoms with E-state index >= 15 is 0 Å². The van der Waals surface area contributed by atoms with Crippen molar-refractivity contribution in [3.8, 4) is 5.75 Å². The zero-order chi connectivity index (χ0) is 14.4. The van der Waals surface area contributed by atoms with E-state index in [4.69, 9.17) is 9.15 Å². The predicted octanol–water partition coefficient (Wildman–Crippen LogP) is 3.85. The summed E-state index contributed by atoms with van der Waals surface area (Å²) in [5, 5.41) is 7.81. The van der Waals surface area contributed by atoms with E-state index in [0.717, 1.165) is 23.9 Å². The maximum atomic E-state index is 5.84. The number of aryl methyl sites for hydroxylation is 1. The van der Waals surface area contributed by atoms with Crippen molar-refractivity contribution in [2.45, 2.75) is 32.3 Å². The van der Waals surface area contributed by atoms with E-state index in [0.29, 0.717) is 17.7 Å². The Morgan fingerprint density at radius 1 is 1.20 bits per heavy atom. The molecule has 0 spiro atoms. The van der Waals surface area contributed by atoms with E-state index in [1.165, 1.54) is 5.56 Å². The summed E-state index contributed by atoms with van der Waals surface area (Å²) in [6, 6.07) is 8.16. The van der Waals surface area contributed by atoms with Gasteiger partial charge in [0, 0.05) is 18.2 Å². The number of ether oxygens (including phenoxy) is 1. The van der Waals surface area contributed by atoms with Crippen molar-refractivity contribution in [2.24, 2.45) is 5.92 Å². The van der Waals surface area contributed by atoms with E-state index in [2.05, 4.69) is 30.1 Å². The molecule has 1 aromatic heterocycles. The number of hydrogen-bond acceptors (Lipinski definition) is 5. The average molecular weight is 292 g/mol. The van der Waals surface area contributed by atoms with Gasteiger partial charge < -0.3 is 9.15 Å². The molecule has 108 valence electrons. The van der Waals surface area contributed by atoms with E-state index in [1.54, 1.807) is 18.7 Å². The van der Waals surface area contributed by atoms with Gasteiger partial charge in [-0.15, -0.1) is 22.0 Å². The summed E-state index contributed by atoms with van der Waals surface area (Å²) in [5.74, 6) is 4.37. The zero-order valence-electron chi connectivity index (χ0n) is 12.1. The summed E-state index contributed by atoms with van der Waals surface area (Å²) >= 11 is 1.74. The molecule has 0 saturated carbocycles. The lowest BCUT2D eigenvalue weighted by Gasteiger charge is -2.12. The molecule has 0 atom stereocenters. The second-order valence-electron chi connectivity index (χ2n) is 5.02. The van der Waals surface area contributed by atoms with Crippen LogP contribution in [0.15, 0.2) is 28.7 Å². The Morgan fingerprint density at radius 2 is 2.00 bits per heavy atom. The third kappa shape index (κ3) is 4.56. The molecule has 0 N–H and O–H groups in total. The molecule has 0 aliphatic heterocycles. The third-order valence-corrected chi connectivity index (χ3v) is 3.56. The minimum atomic E-state index is 0.525. The quantitative estimate of drug-likeness (QED) is 0.776. The number of rotatable bonds is 7. The molecule has 1 aromatic carbocycles. The van der Waals surface area contributed by atoms with Crippen LogP contribution >= 0.6 is 11.8 Å². The lowest BCUT2D eigenvalue weighted by atomic mass is 10.2. The molecule has 0 saturated heterocycles. The van der Waals surface area contributed by atoms with Crippen molar-refractivity contribution in [3.63, 3.8) is 0 Å². The van der Waals surface area contributed by atoms with E-state index < -0.39 is 0 Å². The van der Waals surface area contributed by atoms with Gasteiger partial charge in [0.2, 0.25) is 11.8 Å². The Labute approximate surface area is 123 Å². The summed E-state index contributed by atoms with van der Waals surface area (Å²) in [4.78, 5) is 0. The first kappa shape index (κ1) is 14.9. The fourth-order valence-corrected chi connectivity index (χ4v) is 2.52. The number of para-hydroxylation sites is 1. The maximum Gasteiger partial charge on any atom is 0.226 e. The van der Waals surface area contributed by atoms with E-state index in [1.807, 2.05) is 18.2 Å². The second kappa shape index (κ2) is 7.33. The van der Waals surface area contributed by atoms with Gasteiger partial charge in [-0.2, -0.15) is 0 Å². The van der Waals surface area contributed by atoms with Crippen LogP contribution in [-0.4, -0.2) is 16.8 Å². The van der Waals surface area contributed by atoms with Gasteiger partial charge in [0.05, 0.1) is 12.4 Å². The van der Waals surface area contributed by atoms with Gasteiger partial charge in [0.1, 0.15) is 5.75 Å². The average Bonchev–Trinajstić information content (AvgIpc) is 2.83. The zero-order valence-corrected chi connectivity index (χ0v) is 12.9. The maximum absolute atomic E-state index is 5.84. The molecular formula is C15H20N2O2S. The number of thioether (sulfide) groups is 1. The van der Waals surface area contributed by atoms with Crippen molar-refractivity contribution >= 4 is 11.8 Å². The normalized spacial score (nSPS) is 11.0. The first-order chi connectivity index (χ1) is 9.65. The number of nitrogens with zero attached hydrogens (tertiary/aromatic N) is 2. The van der Waals surface area contributed by atoms with Crippen LogP contribution in [0.5, 0.6) is 5.75 Å². The third-order valence-electron chi connectivity index (χ3n) is 2.60. The van der Waals surface area contributed by atoms with Gasteiger partial charge in [0.25, 0.3) is 0 Å². The molecule has 0 radical (unpaired) electrons. The highest BCUT2D eigenvalue weighted by molar-refractivity contribution is 7.97. The molecule has 0 bridgehead atoms. The Bertz CT molecular complexity index is 540. The van der Waals surface area contributed by atoms with Gasteiger partial charge in [0.15, 0.2) is 0 Å². The van der Waals surface area contributed by atoms with Crippen LogP contribution < -0.4 is 4.74 Å². The lowest BCUT2D eigenvalue weighted by molar-refractivity contribution is 0.269. The molecule has 5 heteroatoms. The molecule has 2 aromatic rings. The van der Waals surface area contributed by atoms with Crippen molar-refractivity contribution < 1.29 is 9.15 Å². The largest absolute Gasteiger partial charge is 0.493 e. The van der Waals surface area contributed by atoms with Gasteiger partial charge >= 0.3 is 0 Å². The Balaban J connectivity index is 1.88. The highest BCUT2D eigenvalue weighted by atomic mass is 32.2. The van der Waals surface area contributed by atoms with Gasteiger partial charge in [-0.05, 0) is 12.0 Å². The van der Waals surface area contributed by atoms with Crippen LogP contribution in [0.2, 0.25) is 0 Å². The lowest BCUT2D eigenvalue weighted by Crippen LogP contribution is -2.05. The van der Waals surface area contributed by atoms with Crippen molar-refractivity contribution in [1.29, 1.82) is 0 Å². The summed E-state index contributed by atoms with van der Waals surface area (Å²) in [6.45, 7) is 6.84. The Morgan fingerprint density at radius 3 is 2.70 bits per heavy atom. The van der Waals surface area contributed by atoms with E-state index in [9.17, 15) is 0 Å². The van der Waals surface area contributed by atoms with Gasteiger partial charge in [-0.25, -0.2) is 0 Å². The molecule has 2 rings (SSSR count). The van der Waals surface area contributed by atoms with Crippen LogP contribution in [0, 0.1) is 12.8 Å². The monoisotopic (exact) mass is 292 g/mol. The topological polar surface area (TPSA) is 48.2 Å². The molecule has 0 aliphatic rings.